The van der Waals surface area contributed by atoms with E-state index in [9.17, 15) is 14.3 Å². The summed E-state index contributed by atoms with van der Waals surface area (Å²) in [6.45, 7) is 0. The van der Waals surface area contributed by atoms with E-state index in [0.29, 0.717) is 28.9 Å². The molecular formula is C15H18FN5O2. The summed E-state index contributed by atoms with van der Waals surface area (Å²) in [5.74, 6) is 10.5. The number of hydrogen-bond donors (Lipinski definition) is 5. The van der Waals surface area contributed by atoms with Crippen LogP contribution in [0.5, 0.6) is 5.75 Å². The van der Waals surface area contributed by atoms with Gasteiger partial charge in [0.05, 0.1) is 0 Å². The Balaban J connectivity index is 0.000000253. The van der Waals surface area contributed by atoms with E-state index in [2.05, 4.69) is 15.8 Å². The number of aldehydes is 1. The van der Waals surface area contributed by atoms with Gasteiger partial charge in [0.15, 0.2) is 5.84 Å². The third-order valence-corrected chi connectivity index (χ3v) is 2.78. The highest BCUT2D eigenvalue weighted by molar-refractivity contribution is 6.03. The van der Waals surface area contributed by atoms with Gasteiger partial charge in [-0.1, -0.05) is 12.1 Å². The minimum absolute atomic E-state index is 0.159. The summed E-state index contributed by atoms with van der Waals surface area (Å²) in [6, 6.07) is 10.3. The van der Waals surface area contributed by atoms with Gasteiger partial charge in [0.2, 0.25) is 0 Å². The summed E-state index contributed by atoms with van der Waals surface area (Å²) < 4.78 is 12.2. The van der Waals surface area contributed by atoms with Gasteiger partial charge in [0, 0.05) is 29.9 Å². The molecule has 0 spiro atoms. The van der Waals surface area contributed by atoms with Crippen LogP contribution in [0.3, 0.4) is 0 Å². The number of nitrogens with two attached hydrogens (primary N) is 2. The molecule has 0 radical (unpaired) electrons. The van der Waals surface area contributed by atoms with Crippen molar-refractivity contribution in [3.8, 4) is 5.75 Å². The van der Waals surface area contributed by atoms with Gasteiger partial charge in [-0.3, -0.25) is 4.79 Å². The topological polar surface area (TPSA) is 126 Å². The molecule has 8 heteroatoms. The molecule has 0 amide bonds. The molecule has 7 N–H and O–H groups in total. The minimum atomic E-state index is -0.375. The van der Waals surface area contributed by atoms with Crippen molar-refractivity contribution in [3.63, 3.8) is 0 Å². The number of hydrogen-bond acceptors (Lipinski definition) is 6. The van der Waals surface area contributed by atoms with Crippen molar-refractivity contribution >= 4 is 17.8 Å². The van der Waals surface area contributed by atoms with Crippen LogP contribution in [-0.4, -0.2) is 24.3 Å². The Kier molecular flexibility index (Phi) is 7.02. The molecule has 0 fully saturated rings. The van der Waals surface area contributed by atoms with E-state index < -0.39 is 0 Å². The van der Waals surface area contributed by atoms with Gasteiger partial charge in [0.1, 0.15) is 17.9 Å². The lowest BCUT2D eigenvalue weighted by molar-refractivity contribution is 0.112. The zero-order valence-electron chi connectivity index (χ0n) is 12.5. The number of phenolic OH excluding ortho intramolecular Hbond substituents is 1. The summed E-state index contributed by atoms with van der Waals surface area (Å²) in [7, 11) is 1.73. The summed E-state index contributed by atoms with van der Waals surface area (Å²) in [6.07, 6.45) is 0.614. The minimum Gasteiger partial charge on any atom is -0.508 e. The number of halogens is 1. The highest BCUT2D eigenvalue weighted by atomic mass is 19.1. The number of benzene rings is 2. The van der Waals surface area contributed by atoms with E-state index in [-0.39, 0.29) is 11.6 Å². The molecule has 2 aromatic rings. The van der Waals surface area contributed by atoms with Gasteiger partial charge in [-0.05, 0) is 24.3 Å². The third-order valence-electron chi connectivity index (χ3n) is 2.78. The van der Waals surface area contributed by atoms with Crippen LogP contribution < -0.4 is 22.4 Å². The van der Waals surface area contributed by atoms with Gasteiger partial charge in [-0.25, -0.2) is 10.2 Å². The van der Waals surface area contributed by atoms with Gasteiger partial charge in [-0.15, -0.1) is 0 Å². The molecule has 7 nitrogen and oxygen atoms in total. The van der Waals surface area contributed by atoms with Gasteiger partial charge < -0.3 is 21.7 Å². The van der Waals surface area contributed by atoms with E-state index in [4.69, 9.17) is 11.7 Å². The summed E-state index contributed by atoms with van der Waals surface area (Å²) in [5, 5.41) is 15.6. The molecular weight excluding hydrogens is 301 g/mol. The monoisotopic (exact) mass is 319 g/mol. The largest absolute Gasteiger partial charge is 0.508 e. The summed E-state index contributed by atoms with van der Waals surface area (Å²) >= 11 is 0. The molecule has 0 aromatic heterocycles. The number of hydrazine groups is 1. The van der Waals surface area contributed by atoms with Crippen LogP contribution >= 0.6 is 0 Å². The summed E-state index contributed by atoms with van der Waals surface area (Å²) in [4.78, 5) is 9.99. The maximum Gasteiger partial charge on any atom is 0.168 e. The van der Waals surface area contributed by atoms with Crippen molar-refractivity contribution in [2.75, 3.05) is 12.4 Å². The molecule has 0 unspecified atom stereocenters. The van der Waals surface area contributed by atoms with Crippen molar-refractivity contribution in [2.45, 2.75) is 0 Å². The number of carbonyl (C=O) groups excluding carboxylic acids is 1. The van der Waals surface area contributed by atoms with Crippen LogP contribution in [0.2, 0.25) is 0 Å². The SMILES string of the molecule is CNc1cc(O)ccc1/C(=N/N)NN.O=Cc1cccc(F)c1. The quantitative estimate of drug-likeness (QED) is 0.190. The Hall–Kier alpha value is -3.13. The van der Waals surface area contributed by atoms with E-state index in [1.165, 1.54) is 24.3 Å². The fraction of sp³-hybridized carbons (Fsp3) is 0.0667. The van der Waals surface area contributed by atoms with Crippen molar-refractivity contribution in [2.24, 2.45) is 16.8 Å². The van der Waals surface area contributed by atoms with Crippen molar-refractivity contribution in [1.29, 1.82) is 0 Å². The Morgan fingerprint density at radius 2 is 2.04 bits per heavy atom. The number of nitrogens with one attached hydrogen (secondary N) is 2. The van der Waals surface area contributed by atoms with Crippen LogP contribution in [0, 0.1) is 5.82 Å². The molecule has 0 saturated heterocycles. The highest BCUT2D eigenvalue weighted by Crippen LogP contribution is 2.20. The average Bonchev–Trinajstić information content (AvgIpc) is 2.57. The number of hydrazone groups is 1. The van der Waals surface area contributed by atoms with Crippen molar-refractivity contribution in [3.05, 3.63) is 59.4 Å². The van der Waals surface area contributed by atoms with Gasteiger partial charge >= 0.3 is 0 Å². The maximum absolute atomic E-state index is 12.2. The number of phenols is 1. The van der Waals surface area contributed by atoms with Crippen LogP contribution in [0.4, 0.5) is 10.1 Å². The Morgan fingerprint density at radius 3 is 2.52 bits per heavy atom. The number of carbonyl (C=O) groups is 1. The number of nitrogens with zero attached hydrogens (tertiary/aromatic N) is 1. The first-order valence-electron chi connectivity index (χ1n) is 6.52. The van der Waals surface area contributed by atoms with Crippen LogP contribution in [0.25, 0.3) is 0 Å². The molecule has 2 aromatic carbocycles. The molecule has 0 aliphatic heterocycles. The normalized spacial score (nSPS) is 10.3. The van der Waals surface area contributed by atoms with E-state index >= 15 is 0 Å². The van der Waals surface area contributed by atoms with Crippen molar-refractivity contribution in [1.82, 2.24) is 5.43 Å². The average molecular weight is 319 g/mol. The zero-order chi connectivity index (χ0) is 17.2. The molecule has 0 aliphatic rings. The van der Waals surface area contributed by atoms with Gasteiger partial charge in [-0.2, -0.15) is 5.10 Å². The van der Waals surface area contributed by atoms with Crippen LogP contribution in [0.1, 0.15) is 15.9 Å². The molecule has 23 heavy (non-hydrogen) atoms. The molecule has 0 saturated carbocycles. The zero-order valence-corrected chi connectivity index (χ0v) is 12.5. The fourth-order valence-corrected chi connectivity index (χ4v) is 1.71. The molecule has 0 aliphatic carbocycles. The number of rotatable bonds is 3. The predicted molar refractivity (Wildman–Crippen MR) is 87.5 cm³/mol. The lowest BCUT2D eigenvalue weighted by Gasteiger charge is -2.10. The van der Waals surface area contributed by atoms with E-state index in [1.54, 1.807) is 25.2 Å². The second-order valence-electron chi connectivity index (χ2n) is 4.27. The maximum atomic E-state index is 12.2. The first-order valence-corrected chi connectivity index (χ1v) is 6.52. The first kappa shape index (κ1) is 17.9. The Bertz CT molecular complexity index is 691. The number of anilines is 1. The lowest BCUT2D eigenvalue weighted by atomic mass is 10.1. The predicted octanol–water partition coefficient (Wildman–Crippen LogP) is 1.16. The molecule has 122 valence electrons. The van der Waals surface area contributed by atoms with E-state index in [0.717, 1.165) is 0 Å². The van der Waals surface area contributed by atoms with Crippen LogP contribution in [-0.2, 0) is 0 Å². The lowest BCUT2D eigenvalue weighted by Crippen LogP contribution is -2.32. The van der Waals surface area contributed by atoms with Crippen molar-refractivity contribution < 1.29 is 14.3 Å². The number of amidine groups is 1. The molecule has 2 rings (SSSR count). The Morgan fingerprint density at radius 1 is 1.30 bits per heavy atom. The smallest absolute Gasteiger partial charge is 0.168 e. The molecule has 0 bridgehead atoms. The summed E-state index contributed by atoms with van der Waals surface area (Å²) in [5.41, 5.74) is 4.11. The highest BCUT2D eigenvalue weighted by Gasteiger charge is 2.07. The van der Waals surface area contributed by atoms with Crippen LogP contribution in [0.15, 0.2) is 47.6 Å². The van der Waals surface area contributed by atoms with Gasteiger partial charge in [0.25, 0.3) is 0 Å². The molecule has 0 atom stereocenters. The Labute approximate surface area is 132 Å². The fourth-order valence-electron chi connectivity index (χ4n) is 1.71. The third kappa shape index (κ3) is 5.29. The second-order valence-corrected chi connectivity index (χ2v) is 4.27. The number of aromatic hydroxyl groups is 1. The first-order chi connectivity index (χ1) is 11.0. The second kappa shape index (κ2) is 9.00. The molecule has 0 heterocycles. The standard InChI is InChI=1S/C8H13N5O.C7H5FO/c1-11-7-4-5(14)2-3-6(7)8(12-9)13-10;8-7-3-1-2-6(4-7)5-9/h2-4,11,14H,9-10H2,1H3,(H,12,13);1-5H. The van der Waals surface area contributed by atoms with E-state index in [1.807, 2.05) is 0 Å².